The summed E-state index contributed by atoms with van der Waals surface area (Å²) < 4.78 is 3.09. The average molecular weight is 518 g/mol. The van der Waals surface area contributed by atoms with Gasteiger partial charge in [-0.1, -0.05) is 17.7 Å². The minimum Gasteiger partial charge on any atom is -0.369 e. The van der Waals surface area contributed by atoms with E-state index in [9.17, 15) is 9.59 Å². The third-order valence-electron chi connectivity index (χ3n) is 6.00. The first-order valence-electron chi connectivity index (χ1n) is 11.6. The molecule has 4 aromatic heterocycles. The Morgan fingerprint density at radius 2 is 1.51 bits per heavy atom. The van der Waals surface area contributed by atoms with Gasteiger partial charge < -0.3 is 15.1 Å². The highest BCUT2D eigenvalue weighted by molar-refractivity contribution is 6.29. The SMILES string of the molecule is CN1CCN(c2cccc(Nc3ccn4ncc(C=O)c4n3)c2)CC1.O=Cc1cnn2ccc(Cl)nc12. The van der Waals surface area contributed by atoms with Crippen LogP contribution in [0.1, 0.15) is 20.7 Å². The van der Waals surface area contributed by atoms with Gasteiger partial charge in [-0.15, -0.1) is 0 Å². The molecule has 188 valence electrons. The molecule has 1 aromatic carbocycles. The van der Waals surface area contributed by atoms with Crippen LogP contribution in [0.5, 0.6) is 0 Å². The van der Waals surface area contributed by atoms with Crippen LogP contribution in [0.3, 0.4) is 0 Å². The molecule has 1 aliphatic rings. The molecule has 0 bridgehead atoms. The molecular formula is C25H24ClN9O2. The average Bonchev–Trinajstić information content (AvgIpc) is 3.52. The number of hydrogen-bond acceptors (Lipinski definition) is 9. The first-order valence-corrected chi connectivity index (χ1v) is 12.0. The number of carbonyl (C=O) groups is 2. The van der Waals surface area contributed by atoms with Crippen molar-refractivity contribution in [3.05, 3.63) is 77.5 Å². The van der Waals surface area contributed by atoms with Crippen molar-refractivity contribution in [1.29, 1.82) is 0 Å². The molecule has 0 spiro atoms. The second-order valence-electron chi connectivity index (χ2n) is 8.50. The summed E-state index contributed by atoms with van der Waals surface area (Å²) in [7, 11) is 2.15. The van der Waals surface area contributed by atoms with Crippen molar-refractivity contribution in [3.63, 3.8) is 0 Å². The number of hydrogen-bond donors (Lipinski definition) is 1. The molecule has 11 nitrogen and oxygen atoms in total. The van der Waals surface area contributed by atoms with Crippen LogP contribution in [0.4, 0.5) is 17.2 Å². The Balaban J connectivity index is 0.000000195. The Morgan fingerprint density at radius 1 is 0.865 bits per heavy atom. The van der Waals surface area contributed by atoms with Crippen LogP contribution in [0.15, 0.2) is 61.2 Å². The number of nitrogens with one attached hydrogen (secondary N) is 1. The normalized spacial score (nSPS) is 13.8. The molecule has 0 unspecified atom stereocenters. The Hall–Kier alpha value is -4.35. The van der Waals surface area contributed by atoms with Crippen LogP contribution in [0, 0.1) is 0 Å². The third kappa shape index (κ3) is 5.42. The van der Waals surface area contributed by atoms with E-state index in [1.54, 1.807) is 23.0 Å². The highest BCUT2D eigenvalue weighted by Gasteiger charge is 2.14. The van der Waals surface area contributed by atoms with Gasteiger partial charge in [-0.2, -0.15) is 10.2 Å². The molecule has 5 aromatic rings. The molecule has 0 atom stereocenters. The number of aldehydes is 2. The maximum atomic E-state index is 11.1. The number of benzene rings is 1. The summed E-state index contributed by atoms with van der Waals surface area (Å²) in [6.45, 7) is 4.21. The fourth-order valence-electron chi connectivity index (χ4n) is 3.98. The number of piperazine rings is 1. The number of anilines is 3. The van der Waals surface area contributed by atoms with Crippen molar-refractivity contribution < 1.29 is 9.59 Å². The van der Waals surface area contributed by atoms with Gasteiger partial charge in [0.15, 0.2) is 23.9 Å². The van der Waals surface area contributed by atoms with E-state index in [-0.39, 0.29) is 0 Å². The Bertz CT molecular complexity index is 1560. The van der Waals surface area contributed by atoms with Gasteiger partial charge in [0.25, 0.3) is 0 Å². The first kappa shape index (κ1) is 24.3. The van der Waals surface area contributed by atoms with Gasteiger partial charge in [-0.05, 0) is 37.4 Å². The summed E-state index contributed by atoms with van der Waals surface area (Å²) in [5, 5.41) is 11.7. The lowest BCUT2D eigenvalue weighted by atomic mass is 10.2. The molecule has 37 heavy (non-hydrogen) atoms. The van der Waals surface area contributed by atoms with Crippen molar-refractivity contribution in [3.8, 4) is 0 Å². The van der Waals surface area contributed by atoms with E-state index in [1.807, 2.05) is 18.2 Å². The topological polar surface area (TPSA) is 113 Å². The van der Waals surface area contributed by atoms with Gasteiger partial charge in [0, 0.05) is 49.9 Å². The zero-order valence-electron chi connectivity index (χ0n) is 20.0. The van der Waals surface area contributed by atoms with Crippen LogP contribution in [-0.2, 0) is 0 Å². The molecule has 1 N–H and O–H groups in total. The Kier molecular flexibility index (Phi) is 7.06. The molecule has 12 heteroatoms. The lowest BCUT2D eigenvalue weighted by Crippen LogP contribution is -2.44. The summed E-state index contributed by atoms with van der Waals surface area (Å²) in [4.78, 5) is 34.7. The molecule has 0 saturated carbocycles. The number of aromatic nitrogens is 6. The highest BCUT2D eigenvalue weighted by atomic mass is 35.5. The van der Waals surface area contributed by atoms with Crippen LogP contribution in [0.2, 0.25) is 5.15 Å². The van der Waals surface area contributed by atoms with E-state index in [2.05, 4.69) is 54.5 Å². The van der Waals surface area contributed by atoms with E-state index in [0.29, 0.717) is 39.7 Å². The van der Waals surface area contributed by atoms with Gasteiger partial charge >= 0.3 is 0 Å². The number of fused-ring (bicyclic) bond motifs is 2. The minimum absolute atomic E-state index is 0.353. The smallest absolute Gasteiger partial charge is 0.167 e. The molecule has 1 saturated heterocycles. The molecule has 0 aliphatic carbocycles. The van der Waals surface area contributed by atoms with Crippen LogP contribution in [-0.4, -0.2) is 79.9 Å². The molecular weight excluding hydrogens is 494 g/mol. The van der Waals surface area contributed by atoms with Gasteiger partial charge in [-0.25, -0.2) is 19.0 Å². The fraction of sp³-hybridized carbons (Fsp3) is 0.200. The Labute approximate surface area is 217 Å². The summed E-state index contributed by atoms with van der Waals surface area (Å²) in [5.41, 5.74) is 4.14. The van der Waals surface area contributed by atoms with Crippen molar-refractivity contribution >= 4 is 52.7 Å². The van der Waals surface area contributed by atoms with E-state index < -0.39 is 0 Å². The number of rotatable bonds is 5. The highest BCUT2D eigenvalue weighted by Crippen LogP contribution is 2.23. The van der Waals surface area contributed by atoms with Crippen molar-refractivity contribution in [2.24, 2.45) is 0 Å². The number of halogens is 1. The second-order valence-corrected chi connectivity index (χ2v) is 8.89. The summed E-state index contributed by atoms with van der Waals surface area (Å²) in [6, 6.07) is 11.8. The fourth-order valence-corrected chi connectivity index (χ4v) is 4.12. The molecule has 6 rings (SSSR count). The quantitative estimate of drug-likeness (QED) is 0.277. The van der Waals surface area contributed by atoms with E-state index in [0.717, 1.165) is 38.2 Å². The predicted molar refractivity (Wildman–Crippen MR) is 141 cm³/mol. The number of nitrogens with zero attached hydrogens (tertiary/aromatic N) is 8. The maximum Gasteiger partial charge on any atom is 0.167 e. The summed E-state index contributed by atoms with van der Waals surface area (Å²) >= 11 is 5.64. The van der Waals surface area contributed by atoms with Gasteiger partial charge in [0.05, 0.1) is 23.5 Å². The van der Waals surface area contributed by atoms with E-state index in [4.69, 9.17) is 11.6 Å². The largest absolute Gasteiger partial charge is 0.369 e. The minimum atomic E-state index is 0.353. The first-order chi connectivity index (χ1) is 18.0. The van der Waals surface area contributed by atoms with E-state index in [1.165, 1.54) is 22.6 Å². The maximum absolute atomic E-state index is 11.1. The van der Waals surface area contributed by atoms with Crippen LogP contribution < -0.4 is 10.2 Å². The van der Waals surface area contributed by atoms with E-state index >= 15 is 0 Å². The predicted octanol–water partition coefficient (Wildman–Crippen LogP) is 3.23. The second kappa shape index (κ2) is 10.7. The zero-order chi connectivity index (χ0) is 25.8. The number of likely N-dealkylation sites (N-methyl/N-ethyl adjacent to an activating group) is 1. The molecule has 1 fully saturated rings. The summed E-state index contributed by atoms with van der Waals surface area (Å²) in [6.07, 6.45) is 7.89. The standard InChI is InChI=1S/C18H20N6O.C7H4ClN3O/c1-22-7-9-23(10-8-22)16-4-2-3-15(11-16)20-17-5-6-24-18(21-17)14(13-25)12-19-24;8-6-1-2-11-7(10-6)5(4-12)3-9-11/h2-6,11-13H,7-10H2,1H3,(H,20,21);1-4H. The molecule has 0 radical (unpaired) electrons. The number of carbonyl (C=O) groups excluding carboxylic acids is 2. The monoisotopic (exact) mass is 517 g/mol. The lowest BCUT2D eigenvalue weighted by Gasteiger charge is -2.34. The lowest BCUT2D eigenvalue weighted by molar-refractivity contribution is 0.111. The van der Waals surface area contributed by atoms with Gasteiger partial charge in [0.2, 0.25) is 0 Å². The Morgan fingerprint density at radius 3 is 2.19 bits per heavy atom. The molecule has 0 amide bonds. The van der Waals surface area contributed by atoms with Crippen molar-refractivity contribution in [2.75, 3.05) is 43.4 Å². The van der Waals surface area contributed by atoms with Crippen molar-refractivity contribution in [1.82, 2.24) is 34.1 Å². The molecule has 5 heterocycles. The zero-order valence-corrected chi connectivity index (χ0v) is 20.8. The summed E-state index contributed by atoms with van der Waals surface area (Å²) in [5.74, 6) is 0.687. The van der Waals surface area contributed by atoms with Crippen LogP contribution >= 0.6 is 11.6 Å². The van der Waals surface area contributed by atoms with Gasteiger partial charge in [0.1, 0.15) is 11.0 Å². The third-order valence-corrected chi connectivity index (χ3v) is 6.21. The van der Waals surface area contributed by atoms with Gasteiger partial charge in [-0.3, -0.25) is 9.59 Å². The molecule has 1 aliphatic heterocycles. The van der Waals surface area contributed by atoms with Crippen LogP contribution in [0.25, 0.3) is 11.3 Å². The van der Waals surface area contributed by atoms with Crippen molar-refractivity contribution in [2.45, 2.75) is 0 Å².